The molecule has 0 radical (unpaired) electrons. The lowest BCUT2D eigenvalue weighted by Gasteiger charge is -2.01. The molecule has 0 bridgehead atoms. The number of Topliss-reactive ketones (excluding diaryl/α,β-unsaturated/α-hetero) is 1. The fourth-order valence-electron chi connectivity index (χ4n) is 2.04. The maximum atomic E-state index is 11.9. The second kappa shape index (κ2) is 4.50. The first-order chi connectivity index (χ1) is 8.63. The lowest BCUT2D eigenvalue weighted by atomic mass is 10.1. The number of hydrogen-bond acceptors (Lipinski definition) is 5. The molecule has 1 aliphatic rings. The van der Waals surface area contributed by atoms with Crippen molar-refractivity contribution in [1.29, 1.82) is 0 Å². The smallest absolute Gasteiger partial charge is 0.180 e. The Bertz CT molecular complexity index is 621. The first-order valence-corrected chi connectivity index (χ1v) is 7.36. The maximum Gasteiger partial charge on any atom is 0.180 e. The Hall–Kier alpha value is -1.17. The van der Waals surface area contributed by atoms with Crippen LogP contribution in [0.3, 0.4) is 0 Å². The summed E-state index contributed by atoms with van der Waals surface area (Å²) in [7, 11) is 0. The first kappa shape index (κ1) is 11.9. The standard InChI is InChI=1S/C13H12N2OS2/c1-7-6-17-13(15-7)18-9-3-2-8-4-11(14)12(16)10(8)5-9/h2-3,5-6,11H,4,14H2,1H3. The number of aryl methyl sites for hydroxylation is 1. The molecular weight excluding hydrogens is 264 g/mol. The van der Waals surface area contributed by atoms with Crippen molar-refractivity contribution >= 4 is 28.9 Å². The summed E-state index contributed by atoms with van der Waals surface area (Å²) in [5, 5.41) is 2.02. The predicted molar refractivity (Wildman–Crippen MR) is 73.4 cm³/mol. The zero-order valence-corrected chi connectivity index (χ0v) is 11.5. The first-order valence-electron chi connectivity index (χ1n) is 5.66. The van der Waals surface area contributed by atoms with E-state index in [0.717, 1.165) is 26.1 Å². The number of ketones is 1. The zero-order valence-electron chi connectivity index (χ0n) is 9.84. The van der Waals surface area contributed by atoms with Crippen LogP contribution < -0.4 is 5.73 Å². The van der Waals surface area contributed by atoms with Crippen LogP contribution in [0.1, 0.15) is 21.6 Å². The van der Waals surface area contributed by atoms with E-state index in [2.05, 4.69) is 4.98 Å². The molecule has 2 aromatic rings. The summed E-state index contributed by atoms with van der Waals surface area (Å²) < 4.78 is 1.00. The third-order valence-electron chi connectivity index (χ3n) is 2.93. The minimum Gasteiger partial charge on any atom is -0.321 e. The summed E-state index contributed by atoms with van der Waals surface area (Å²) in [6.07, 6.45) is 0.662. The van der Waals surface area contributed by atoms with Crippen LogP contribution in [-0.4, -0.2) is 16.8 Å². The van der Waals surface area contributed by atoms with Crippen LogP contribution >= 0.6 is 23.1 Å². The van der Waals surface area contributed by atoms with Crippen LogP contribution in [0.4, 0.5) is 0 Å². The van der Waals surface area contributed by atoms with Crippen LogP contribution in [0.25, 0.3) is 0 Å². The van der Waals surface area contributed by atoms with Gasteiger partial charge >= 0.3 is 0 Å². The van der Waals surface area contributed by atoms with Gasteiger partial charge in [0.15, 0.2) is 10.1 Å². The lowest BCUT2D eigenvalue weighted by Crippen LogP contribution is -2.26. The second-order valence-corrected chi connectivity index (χ2v) is 6.53. The van der Waals surface area contributed by atoms with Crippen molar-refractivity contribution in [3.63, 3.8) is 0 Å². The van der Waals surface area contributed by atoms with Crippen LogP contribution in [0, 0.1) is 6.92 Å². The molecule has 1 unspecified atom stereocenters. The molecule has 0 spiro atoms. The van der Waals surface area contributed by atoms with E-state index in [9.17, 15) is 4.79 Å². The Morgan fingerprint density at radius 1 is 1.50 bits per heavy atom. The quantitative estimate of drug-likeness (QED) is 0.916. The van der Waals surface area contributed by atoms with Crippen LogP contribution in [-0.2, 0) is 6.42 Å². The molecule has 5 heteroatoms. The van der Waals surface area contributed by atoms with E-state index >= 15 is 0 Å². The zero-order chi connectivity index (χ0) is 12.7. The monoisotopic (exact) mass is 276 g/mol. The molecule has 0 fully saturated rings. The fourth-order valence-corrected chi connectivity index (χ4v) is 3.89. The Labute approximate surface area is 113 Å². The average Bonchev–Trinajstić information content (AvgIpc) is 2.86. The van der Waals surface area contributed by atoms with Crippen molar-refractivity contribution in [2.45, 2.75) is 28.6 Å². The SMILES string of the molecule is Cc1csc(Sc2ccc3c(c2)C(=O)C(N)C3)n1. The van der Waals surface area contributed by atoms with E-state index in [0.29, 0.717) is 6.42 Å². The molecule has 0 saturated carbocycles. The van der Waals surface area contributed by atoms with Gasteiger partial charge in [-0.05, 0) is 31.0 Å². The molecule has 1 heterocycles. The lowest BCUT2D eigenvalue weighted by molar-refractivity contribution is 0.0974. The summed E-state index contributed by atoms with van der Waals surface area (Å²) in [5.41, 5.74) is 8.64. The molecule has 1 atom stereocenters. The topological polar surface area (TPSA) is 56.0 Å². The molecule has 1 aromatic heterocycles. The largest absolute Gasteiger partial charge is 0.321 e. The predicted octanol–water partition coefficient (Wildman–Crippen LogP) is 2.67. The molecule has 3 nitrogen and oxygen atoms in total. The molecule has 0 saturated heterocycles. The van der Waals surface area contributed by atoms with E-state index < -0.39 is 0 Å². The normalized spacial score (nSPS) is 18.1. The van der Waals surface area contributed by atoms with Gasteiger partial charge in [-0.15, -0.1) is 11.3 Å². The van der Waals surface area contributed by atoms with Crippen LogP contribution in [0.2, 0.25) is 0 Å². The van der Waals surface area contributed by atoms with E-state index in [-0.39, 0.29) is 11.8 Å². The number of carbonyl (C=O) groups is 1. The summed E-state index contributed by atoms with van der Waals surface area (Å²) >= 11 is 3.21. The van der Waals surface area contributed by atoms with Crippen molar-refractivity contribution in [2.75, 3.05) is 0 Å². The second-order valence-electron chi connectivity index (χ2n) is 4.35. The highest BCUT2D eigenvalue weighted by Gasteiger charge is 2.27. The minimum atomic E-state index is -0.359. The highest BCUT2D eigenvalue weighted by atomic mass is 32.2. The molecule has 92 valence electrons. The van der Waals surface area contributed by atoms with Crippen molar-refractivity contribution < 1.29 is 4.79 Å². The molecule has 3 rings (SSSR count). The van der Waals surface area contributed by atoms with Gasteiger partial charge in [-0.2, -0.15) is 0 Å². The number of fused-ring (bicyclic) bond motifs is 1. The molecular formula is C13H12N2OS2. The molecule has 2 N–H and O–H groups in total. The molecule has 1 aromatic carbocycles. The van der Waals surface area contributed by atoms with E-state index in [1.165, 1.54) is 0 Å². The van der Waals surface area contributed by atoms with Gasteiger partial charge in [-0.1, -0.05) is 17.8 Å². The number of nitrogens with zero attached hydrogens (tertiary/aromatic N) is 1. The third kappa shape index (κ3) is 2.09. The van der Waals surface area contributed by atoms with Gasteiger partial charge in [0.2, 0.25) is 0 Å². The van der Waals surface area contributed by atoms with Crippen LogP contribution in [0.5, 0.6) is 0 Å². The number of benzene rings is 1. The van der Waals surface area contributed by atoms with Crippen molar-refractivity contribution in [1.82, 2.24) is 4.98 Å². The van der Waals surface area contributed by atoms with Gasteiger partial charge in [0, 0.05) is 21.5 Å². The summed E-state index contributed by atoms with van der Waals surface area (Å²) in [5.74, 6) is 0.0581. The van der Waals surface area contributed by atoms with Crippen LogP contribution in [0.15, 0.2) is 32.8 Å². The Morgan fingerprint density at radius 3 is 3.06 bits per heavy atom. The van der Waals surface area contributed by atoms with Gasteiger partial charge in [0.25, 0.3) is 0 Å². The molecule has 1 aliphatic carbocycles. The Kier molecular flexibility index (Phi) is 2.97. The molecule has 0 amide bonds. The van der Waals surface area contributed by atoms with Gasteiger partial charge in [0.1, 0.15) is 0 Å². The van der Waals surface area contributed by atoms with Crippen molar-refractivity contribution in [3.05, 3.63) is 40.4 Å². The number of thiazole rings is 1. The van der Waals surface area contributed by atoms with Crippen molar-refractivity contribution in [2.24, 2.45) is 5.73 Å². The van der Waals surface area contributed by atoms with Gasteiger partial charge in [-0.25, -0.2) is 4.98 Å². The van der Waals surface area contributed by atoms with Gasteiger partial charge in [0.05, 0.1) is 6.04 Å². The molecule has 0 aliphatic heterocycles. The van der Waals surface area contributed by atoms with Gasteiger partial charge < -0.3 is 5.73 Å². The summed E-state index contributed by atoms with van der Waals surface area (Å²) in [6.45, 7) is 1.98. The number of hydrogen-bond donors (Lipinski definition) is 1. The van der Waals surface area contributed by atoms with Crippen molar-refractivity contribution in [3.8, 4) is 0 Å². The van der Waals surface area contributed by atoms with E-state index in [1.54, 1.807) is 23.1 Å². The third-order valence-corrected chi connectivity index (χ3v) is 4.97. The van der Waals surface area contributed by atoms with E-state index in [4.69, 9.17) is 5.73 Å². The maximum absolute atomic E-state index is 11.9. The highest BCUT2D eigenvalue weighted by Crippen LogP contribution is 2.33. The molecule has 18 heavy (non-hydrogen) atoms. The summed E-state index contributed by atoms with van der Waals surface area (Å²) in [6, 6.07) is 5.61. The number of carbonyl (C=O) groups excluding carboxylic acids is 1. The number of nitrogens with two attached hydrogens (primary N) is 1. The highest BCUT2D eigenvalue weighted by molar-refractivity contribution is 8.01. The Morgan fingerprint density at radius 2 is 2.33 bits per heavy atom. The average molecular weight is 276 g/mol. The minimum absolute atomic E-state index is 0.0581. The number of rotatable bonds is 2. The summed E-state index contributed by atoms with van der Waals surface area (Å²) in [4.78, 5) is 17.3. The van der Waals surface area contributed by atoms with E-state index in [1.807, 2.05) is 30.5 Å². The fraction of sp³-hybridized carbons (Fsp3) is 0.231. The number of aromatic nitrogens is 1. The Balaban J connectivity index is 1.89. The van der Waals surface area contributed by atoms with Gasteiger partial charge in [-0.3, -0.25) is 4.79 Å².